The average Bonchev–Trinajstić information content (AvgIpc) is 3.30. The van der Waals surface area contributed by atoms with E-state index < -0.39 is 12.1 Å². The van der Waals surface area contributed by atoms with Gasteiger partial charge in [0.1, 0.15) is 23.9 Å². The molecule has 2 amide bonds. The number of hydrogen-bond acceptors (Lipinski definition) is 5. The molecule has 1 fully saturated rings. The highest BCUT2D eigenvalue weighted by molar-refractivity contribution is 5.95. The molecule has 3 aromatic carbocycles. The molecule has 0 saturated carbocycles. The van der Waals surface area contributed by atoms with Crippen LogP contribution in [-0.4, -0.2) is 30.6 Å². The first-order chi connectivity index (χ1) is 16.0. The summed E-state index contributed by atoms with van der Waals surface area (Å²) in [5.74, 6) is 0.563. The average molecular weight is 449 g/mol. The Labute approximate surface area is 190 Å². The van der Waals surface area contributed by atoms with Crippen molar-refractivity contribution in [2.75, 3.05) is 11.9 Å². The zero-order chi connectivity index (χ0) is 23.0. The summed E-state index contributed by atoms with van der Waals surface area (Å²) in [5.41, 5.74) is 1.52. The van der Waals surface area contributed by atoms with Crippen molar-refractivity contribution in [2.45, 2.75) is 25.1 Å². The van der Waals surface area contributed by atoms with E-state index in [-0.39, 0.29) is 24.4 Å². The van der Waals surface area contributed by atoms with Gasteiger partial charge in [-0.05, 0) is 60.5 Å². The highest BCUT2D eigenvalue weighted by atomic mass is 19.1. The van der Waals surface area contributed by atoms with Crippen LogP contribution < -0.4 is 20.7 Å². The monoisotopic (exact) mass is 449 g/mol. The van der Waals surface area contributed by atoms with E-state index in [2.05, 4.69) is 16.0 Å². The van der Waals surface area contributed by atoms with Gasteiger partial charge in [0, 0.05) is 18.3 Å². The van der Waals surface area contributed by atoms with Crippen LogP contribution in [0.5, 0.6) is 11.5 Å². The maximum absolute atomic E-state index is 13.0. The predicted octanol–water partition coefficient (Wildman–Crippen LogP) is 4.21. The van der Waals surface area contributed by atoms with Crippen molar-refractivity contribution in [3.8, 4) is 11.5 Å². The number of benzene rings is 3. The van der Waals surface area contributed by atoms with Crippen LogP contribution in [0.2, 0.25) is 0 Å². The zero-order valence-electron chi connectivity index (χ0n) is 17.8. The summed E-state index contributed by atoms with van der Waals surface area (Å²) in [5, 5.41) is 8.76. The second-order valence-corrected chi connectivity index (χ2v) is 7.67. The van der Waals surface area contributed by atoms with Crippen molar-refractivity contribution in [1.82, 2.24) is 10.6 Å². The van der Waals surface area contributed by atoms with Gasteiger partial charge in [-0.15, -0.1) is 0 Å². The lowest BCUT2D eigenvalue weighted by Gasteiger charge is -2.13. The molecule has 1 aliphatic rings. The molecule has 1 heterocycles. The number of hydrogen-bond donors (Lipinski definition) is 3. The van der Waals surface area contributed by atoms with Gasteiger partial charge in [-0.2, -0.15) is 0 Å². The summed E-state index contributed by atoms with van der Waals surface area (Å²) in [7, 11) is 0. The van der Waals surface area contributed by atoms with Gasteiger partial charge in [0.15, 0.2) is 0 Å². The lowest BCUT2D eigenvalue weighted by atomic mass is 10.1. The Balaban J connectivity index is 1.21. The number of anilines is 1. The zero-order valence-corrected chi connectivity index (χ0v) is 17.8. The quantitative estimate of drug-likeness (QED) is 0.503. The van der Waals surface area contributed by atoms with Crippen LogP contribution in [-0.2, 0) is 16.1 Å². The highest BCUT2D eigenvalue weighted by Gasteiger charge is 2.30. The summed E-state index contributed by atoms with van der Waals surface area (Å²) in [6, 6.07) is 21.4. The molecule has 3 aromatic rings. The Morgan fingerprint density at radius 2 is 1.61 bits per heavy atom. The standard InChI is InChI=1S/C25H24FN3O4/c26-18-6-10-21(11-7-18)33-22-12-8-19(9-13-22)28-24(30)23-14-20(15-27-23)29-25(31)32-16-17-4-2-1-3-5-17/h1-13,20,23,27H,14-16H2,(H,28,30)(H,29,31)/t20-,23+/m1/s1. The molecule has 3 N–H and O–H groups in total. The minimum absolute atomic E-state index is 0.191. The van der Waals surface area contributed by atoms with E-state index in [1.165, 1.54) is 12.1 Å². The maximum Gasteiger partial charge on any atom is 0.407 e. The van der Waals surface area contributed by atoms with E-state index in [0.717, 1.165) is 5.56 Å². The van der Waals surface area contributed by atoms with Crippen LogP contribution in [0.3, 0.4) is 0 Å². The van der Waals surface area contributed by atoms with E-state index >= 15 is 0 Å². The van der Waals surface area contributed by atoms with Crippen LogP contribution in [0.25, 0.3) is 0 Å². The summed E-state index contributed by atoms with van der Waals surface area (Å²) in [4.78, 5) is 24.6. The van der Waals surface area contributed by atoms with E-state index in [0.29, 0.717) is 30.2 Å². The molecule has 170 valence electrons. The minimum Gasteiger partial charge on any atom is -0.457 e. The molecule has 0 aromatic heterocycles. The van der Waals surface area contributed by atoms with Crippen LogP contribution in [0.1, 0.15) is 12.0 Å². The molecular formula is C25H24FN3O4. The largest absolute Gasteiger partial charge is 0.457 e. The van der Waals surface area contributed by atoms with E-state index in [1.54, 1.807) is 36.4 Å². The van der Waals surface area contributed by atoms with Crippen LogP contribution in [0.4, 0.5) is 14.9 Å². The predicted molar refractivity (Wildman–Crippen MR) is 122 cm³/mol. The van der Waals surface area contributed by atoms with Crippen molar-refractivity contribution < 1.29 is 23.5 Å². The van der Waals surface area contributed by atoms with Gasteiger partial charge in [-0.3, -0.25) is 4.79 Å². The molecule has 1 aliphatic heterocycles. The van der Waals surface area contributed by atoms with E-state index in [4.69, 9.17) is 9.47 Å². The van der Waals surface area contributed by atoms with Crippen molar-refractivity contribution in [3.63, 3.8) is 0 Å². The summed E-state index contributed by atoms with van der Waals surface area (Å²) < 4.78 is 23.9. The lowest BCUT2D eigenvalue weighted by Crippen LogP contribution is -2.36. The fourth-order valence-electron chi connectivity index (χ4n) is 3.45. The molecule has 4 rings (SSSR count). The summed E-state index contributed by atoms with van der Waals surface area (Å²) in [6.07, 6.45) is -0.0543. The van der Waals surface area contributed by atoms with Gasteiger partial charge in [-0.25, -0.2) is 9.18 Å². The van der Waals surface area contributed by atoms with Gasteiger partial charge in [0.25, 0.3) is 0 Å². The first kappa shape index (κ1) is 22.3. The Morgan fingerprint density at radius 1 is 0.939 bits per heavy atom. The molecule has 2 atom stereocenters. The van der Waals surface area contributed by atoms with Crippen molar-refractivity contribution in [3.05, 3.63) is 90.2 Å². The molecule has 0 unspecified atom stereocenters. The molecule has 0 bridgehead atoms. The third kappa shape index (κ3) is 6.54. The maximum atomic E-state index is 13.0. The molecule has 0 spiro atoms. The van der Waals surface area contributed by atoms with Crippen molar-refractivity contribution in [2.24, 2.45) is 0 Å². The van der Waals surface area contributed by atoms with Gasteiger partial charge in [0.05, 0.1) is 6.04 Å². The lowest BCUT2D eigenvalue weighted by molar-refractivity contribution is -0.117. The fraction of sp³-hybridized carbons (Fsp3) is 0.200. The topological polar surface area (TPSA) is 88.7 Å². The van der Waals surface area contributed by atoms with Crippen LogP contribution in [0, 0.1) is 5.82 Å². The van der Waals surface area contributed by atoms with E-state index in [9.17, 15) is 14.0 Å². The summed E-state index contributed by atoms with van der Waals surface area (Å²) in [6.45, 7) is 0.667. The SMILES string of the molecule is O=C(N[C@H]1CN[C@H](C(=O)Nc2ccc(Oc3ccc(F)cc3)cc2)C1)OCc1ccccc1. The van der Waals surface area contributed by atoms with Crippen molar-refractivity contribution >= 4 is 17.7 Å². The molecule has 0 radical (unpaired) electrons. The van der Waals surface area contributed by atoms with Gasteiger partial charge >= 0.3 is 6.09 Å². The fourth-order valence-corrected chi connectivity index (χ4v) is 3.45. The first-order valence-electron chi connectivity index (χ1n) is 10.6. The number of amides is 2. The molecule has 7 nitrogen and oxygen atoms in total. The third-order valence-electron chi connectivity index (χ3n) is 5.15. The van der Waals surface area contributed by atoms with E-state index in [1.807, 2.05) is 30.3 Å². The molecule has 8 heteroatoms. The van der Waals surface area contributed by atoms with Gasteiger partial charge in [-0.1, -0.05) is 30.3 Å². The third-order valence-corrected chi connectivity index (χ3v) is 5.15. The highest BCUT2D eigenvalue weighted by Crippen LogP contribution is 2.23. The number of halogens is 1. The second kappa shape index (κ2) is 10.6. The van der Waals surface area contributed by atoms with Crippen LogP contribution >= 0.6 is 0 Å². The van der Waals surface area contributed by atoms with Crippen molar-refractivity contribution in [1.29, 1.82) is 0 Å². The molecule has 0 aliphatic carbocycles. The first-order valence-corrected chi connectivity index (χ1v) is 10.6. The minimum atomic E-state index is -0.511. The smallest absolute Gasteiger partial charge is 0.407 e. The number of ether oxygens (including phenoxy) is 2. The van der Waals surface area contributed by atoms with Gasteiger partial charge in [0.2, 0.25) is 5.91 Å². The molecule has 33 heavy (non-hydrogen) atoms. The Morgan fingerprint density at radius 3 is 2.30 bits per heavy atom. The van der Waals surface area contributed by atoms with Crippen LogP contribution in [0.15, 0.2) is 78.9 Å². The molecular weight excluding hydrogens is 425 g/mol. The Kier molecular flexibility index (Phi) is 7.16. The summed E-state index contributed by atoms with van der Waals surface area (Å²) >= 11 is 0. The second-order valence-electron chi connectivity index (χ2n) is 7.67. The number of carbonyl (C=O) groups excluding carboxylic acids is 2. The van der Waals surface area contributed by atoms with Gasteiger partial charge < -0.3 is 25.4 Å². The number of nitrogens with one attached hydrogen (secondary N) is 3. The Hall–Kier alpha value is -3.91. The number of carbonyl (C=O) groups is 2. The normalized spacial score (nSPS) is 17.2. The number of alkyl carbamates (subject to hydrolysis) is 1. The number of rotatable bonds is 7. The molecule has 1 saturated heterocycles. The Bertz CT molecular complexity index is 1080.